The summed E-state index contributed by atoms with van der Waals surface area (Å²) in [5.74, 6) is 3.85. The number of nitrogens with zero attached hydrogens (tertiary/aromatic N) is 2. The molecule has 27 heavy (non-hydrogen) atoms. The van der Waals surface area contributed by atoms with Gasteiger partial charge < -0.3 is 19.5 Å². The van der Waals surface area contributed by atoms with Gasteiger partial charge in [-0.1, -0.05) is 6.92 Å². The Balaban J connectivity index is 1.27. The van der Waals surface area contributed by atoms with Crippen LogP contribution in [0.5, 0.6) is 17.2 Å². The number of hydrogen-bond acceptors (Lipinski definition) is 5. The van der Waals surface area contributed by atoms with Gasteiger partial charge in [0.25, 0.3) is 0 Å². The molecule has 1 aliphatic carbocycles. The summed E-state index contributed by atoms with van der Waals surface area (Å²) in [4.78, 5) is 6.93. The molecule has 144 valence electrons. The third-order valence-corrected chi connectivity index (χ3v) is 5.95. The van der Waals surface area contributed by atoms with Crippen molar-refractivity contribution in [2.45, 2.75) is 31.8 Å². The van der Waals surface area contributed by atoms with Crippen molar-refractivity contribution in [3.8, 4) is 17.2 Å². The van der Waals surface area contributed by atoms with E-state index in [0.29, 0.717) is 12.0 Å². The highest BCUT2D eigenvalue weighted by Gasteiger charge is 2.42. The molecule has 1 aromatic carbocycles. The highest BCUT2D eigenvalue weighted by atomic mass is 16.5. The molecule has 0 amide bonds. The smallest absolute Gasteiger partial charge is 0.133 e. The van der Waals surface area contributed by atoms with Crippen LogP contribution in [0.2, 0.25) is 0 Å². The van der Waals surface area contributed by atoms with Gasteiger partial charge in [0, 0.05) is 31.2 Å². The Morgan fingerprint density at radius 1 is 1.07 bits per heavy atom. The fraction of sp³-hybridized carbons (Fsp3) is 0.500. The van der Waals surface area contributed by atoms with E-state index in [9.17, 15) is 5.11 Å². The molecule has 1 N–H and O–H groups in total. The number of benzene rings is 1. The van der Waals surface area contributed by atoms with Gasteiger partial charge in [-0.3, -0.25) is 4.98 Å². The first-order valence-corrected chi connectivity index (χ1v) is 9.78. The van der Waals surface area contributed by atoms with E-state index >= 15 is 0 Å². The van der Waals surface area contributed by atoms with Crippen LogP contribution in [0.15, 0.2) is 42.6 Å². The zero-order chi connectivity index (χ0) is 18.8. The molecular formula is C22H28N2O3. The summed E-state index contributed by atoms with van der Waals surface area (Å²) in [6.07, 6.45) is 4.13. The van der Waals surface area contributed by atoms with E-state index in [0.717, 1.165) is 61.5 Å². The number of ether oxygens (including phenoxy) is 2. The first kappa shape index (κ1) is 18.1. The van der Waals surface area contributed by atoms with Crippen LogP contribution in [0.1, 0.15) is 31.4 Å². The van der Waals surface area contributed by atoms with Crippen LogP contribution in [0, 0.1) is 11.8 Å². The van der Waals surface area contributed by atoms with Gasteiger partial charge in [0.1, 0.15) is 17.2 Å². The van der Waals surface area contributed by atoms with E-state index in [2.05, 4.69) is 16.8 Å². The van der Waals surface area contributed by atoms with Gasteiger partial charge in [0.15, 0.2) is 0 Å². The predicted molar refractivity (Wildman–Crippen MR) is 104 cm³/mol. The van der Waals surface area contributed by atoms with Gasteiger partial charge in [0.2, 0.25) is 0 Å². The van der Waals surface area contributed by atoms with E-state index < -0.39 is 0 Å². The second-order valence-electron chi connectivity index (χ2n) is 7.97. The second kappa shape index (κ2) is 7.77. The lowest BCUT2D eigenvalue weighted by Crippen LogP contribution is -2.28. The largest absolute Gasteiger partial charge is 0.506 e. The molecule has 0 bridgehead atoms. The van der Waals surface area contributed by atoms with Crippen molar-refractivity contribution in [3.63, 3.8) is 0 Å². The summed E-state index contributed by atoms with van der Waals surface area (Å²) in [6.45, 7) is 5.53. The van der Waals surface area contributed by atoms with Gasteiger partial charge >= 0.3 is 0 Å². The number of fused-ring (bicyclic) bond motifs is 1. The molecule has 1 aliphatic heterocycles. The van der Waals surface area contributed by atoms with Gasteiger partial charge in [-0.05, 0) is 61.1 Å². The Bertz CT molecular complexity index is 733. The van der Waals surface area contributed by atoms with Gasteiger partial charge in [-0.2, -0.15) is 0 Å². The first-order chi connectivity index (χ1) is 13.1. The van der Waals surface area contributed by atoms with Crippen LogP contribution in [0.4, 0.5) is 0 Å². The quantitative estimate of drug-likeness (QED) is 0.843. The minimum Gasteiger partial charge on any atom is -0.506 e. The molecule has 5 heteroatoms. The molecular weight excluding hydrogens is 340 g/mol. The minimum atomic E-state index is 0.226. The average molecular weight is 368 g/mol. The number of aromatic hydroxyl groups is 1. The average Bonchev–Trinajstić information content (AvgIpc) is 3.20. The van der Waals surface area contributed by atoms with E-state index in [1.54, 1.807) is 13.2 Å². The summed E-state index contributed by atoms with van der Waals surface area (Å²) in [7, 11) is 1.68. The molecule has 0 spiro atoms. The highest BCUT2D eigenvalue weighted by molar-refractivity contribution is 5.31. The lowest BCUT2D eigenvalue weighted by Gasteiger charge is -2.23. The summed E-state index contributed by atoms with van der Waals surface area (Å²) < 4.78 is 11.4. The number of rotatable bonds is 6. The molecule has 1 saturated carbocycles. The lowest BCUT2D eigenvalue weighted by molar-refractivity contribution is 0.184. The maximum atomic E-state index is 9.40. The summed E-state index contributed by atoms with van der Waals surface area (Å²) in [5, 5.41) is 9.40. The van der Waals surface area contributed by atoms with Crippen LogP contribution >= 0.6 is 0 Å². The molecule has 1 aromatic heterocycles. The summed E-state index contributed by atoms with van der Waals surface area (Å²) in [6, 6.07) is 11.5. The standard InChI is InChI=1S/C22H28N2O3/c1-15(22-8-3-18(25)11-23-22)12-24-13-16-9-21(10-17(16)14-24)27-20-6-4-19(26-2)5-7-20/h3-8,11,15-17,21,25H,9-10,12-14H2,1-2H3/t15?,16-,17?,21-/m1/s1. The summed E-state index contributed by atoms with van der Waals surface area (Å²) >= 11 is 0. The van der Waals surface area contributed by atoms with Crippen LogP contribution in [0.3, 0.4) is 0 Å². The van der Waals surface area contributed by atoms with Crippen molar-refractivity contribution in [2.75, 3.05) is 26.7 Å². The normalized spacial score (nSPS) is 25.9. The van der Waals surface area contributed by atoms with Crippen LogP contribution in [-0.4, -0.2) is 47.8 Å². The van der Waals surface area contributed by atoms with Crippen molar-refractivity contribution < 1.29 is 14.6 Å². The molecule has 5 nitrogen and oxygen atoms in total. The van der Waals surface area contributed by atoms with Crippen molar-refractivity contribution in [3.05, 3.63) is 48.3 Å². The lowest BCUT2D eigenvalue weighted by atomic mass is 10.0. The predicted octanol–water partition coefficient (Wildman–Crippen LogP) is 3.69. The Morgan fingerprint density at radius 2 is 1.74 bits per heavy atom. The Kier molecular flexibility index (Phi) is 5.21. The topological polar surface area (TPSA) is 54.8 Å². The highest BCUT2D eigenvalue weighted by Crippen LogP contribution is 2.40. The van der Waals surface area contributed by atoms with Gasteiger partial charge in [0.05, 0.1) is 19.4 Å². The molecule has 4 rings (SSSR count). The molecule has 0 radical (unpaired) electrons. The van der Waals surface area contributed by atoms with E-state index in [-0.39, 0.29) is 5.75 Å². The van der Waals surface area contributed by atoms with Crippen molar-refractivity contribution in [1.82, 2.24) is 9.88 Å². The van der Waals surface area contributed by atoms with E-state index in [4.69, 9.17) is 9.47 Å². The SMILES string of the molecule is COc1ccc(O[C@H]2CC3CN(CC(C)c4ccc(O)cn4)C[C@H]3C2)cc1. The molecule has 2 heterocycles. The fourth-order valence-corrected chi connectivity index (χ4v) is 4.60. The fourth-order valence-electron chi connectivity index (χ4n) is 4.60. The summed E-state index contributed by atoms with van der Waals surface area (Å²) in [5.41, 5.74) is 1.05. The zero-order valence-electron chi connectivity index (χ0n) is 16.0. The number of pyridine rings is 1. The maximum Gasteiger partial charge on any atom is 0.133 e. The molecule has 2 aliphatic rings. The van der Waals surface area contributed by atoms with Crippen LogP contribution in [0.25, 0.3) is 0 Å². The monoisotopic (exact) mass is 368 g/mol. The van der Waals surface area contributed by atoms with Gasteiger partial charge in [-0.25, -0.2) is 0 Å². The first-order valence-electron chi connectivity index (χ1n) is 9.78. The molecule has 2 aromatic rings. The second-order valence-corrected chi connectivity index (χ2v) is 7.97. The number of hydrogen-bond donors (Lipinski definition) is 1. The Hall–Kier alpha value is -2.27. The third kappa shape index (κ3) is 4.19. The number of aromatic nitrogens is 1. The van der Waals surface area contributed by atoms with Crippen molar-refractivity contribution in [2.24, 2.45) is 11.8 Å². The Labute approximate surface area is 160 Å². The Morgan fingerprint density at radius 3 is 2.33 bits per heavy atom. The van der Waals surface area contributed by atoms with Crippen LogP contribution < -0.4 is 9.47 Å². The van der Waals surface area contributed by atoms with E-state index in [1.165, 1.54) is 6.20 Å². The number of methoxy groups -OCH3 is 1. The van der Waals surface area contributed by atoms with Crippen molar-refractivity contribution in [1.29, 1.82) is 0 Å². The van der Waals surface area contributed by atoms with Gasteiger partial charge in [-0.15, -0.1) is 0 Å². The number of likely N-dealkylation sites (tertiary alicyclic amines) is 1. The molecule has 2 unspecified atom stereocenters. The van der Waals surface area contributed by atoms with E-state index in [1.807, 2.05) is 30.3 Å². The third-order valence-electron chi connectivity index (χ3n) is 5.95. The maximum absolute atomic E-state index is 9.40. The molecule has 4 atom stereocenters. The van der Waals surface area contributed by atoms with Crippen molar-refractivity contribution >= 4 is 0 Å². The minimum absolute atomic E-state index is 0.226. The van der Waals surface area contributed by atoms with Crippen LogP contribution in [-0.2, 0) is 0 Å². The molecule has 2 fully saturated rings. The molecule has 1 saturated heterocycles. The zero-order valence-corrected chi connectivity index (χ0v) is 16.0.